The van der Waals surface area contributed by atoms with Crippen LogP contribution in [0.5, 0.6) is 0 Å². The standard InChI is InChI=1S/C19H19FN2O2/c1-14-2-4-15(5-3-14)18(23)19(24)22-12-10-21(11-13-22)17-8-6-16(20)7-9-17/h2-9H,10-13H2,1H3. The molecular weight excluding hydrogens is 307 g/mol. The summed E-state index contributed by atoms with van der Waals surface area (Å²) in [7, 11) is 0. The van der Waals surface area contributed by atoms with Gasteiger partial charge in [-0.05, 0) is 31.2 Å². The van der Waals surface area contributed by atoms with E-state index >= 15 is 0 Å². The number of hydrogen-bond acceptors (Lipinski definition) is 3. The Morgan fingerprint density at radius 2 is 1.46 bits per heavy atom. The Morgan fingerprint density at radius 3 is 2.04 bits per heavy atom. The fourth-order valence-corrected chi connectivity index (χ4v) is 2.79. The molecule has 124 valence electrons. The van der Waals surface area contributed by atoms with Crippen molar-refractivity contribution in [3.05, 3.63) is 65.5 Å². The molecule has 1 aliphatic rings. The molecule has 0 atom stereocenters. The molecule has 1 fully saturated rings. The van der Waals surface area contributed by atoms with E-state index in [9.17, 15) is 14.0 Å². The van der Waals surface area contributed by atoms with Crippen LogP contribution < -0.4 is 4.90 Å². The van der Waals surface area contributed by atoms with Gasteiger partial charge in [0.1, 0.15) is 5.82 Å². The molecule has 0 aromatic heterocycles. The highest BCUT2D eigenvalue weighted by Gasteiger charge is 2.26. The van der Waals surface area contributed by atoms with Crippen LogP contribution >= 0.6 is 0 Å². The van der Waals surface area contributed by atoms with Gasteiger partial charge in [0.05, 0.1) is 0 Å². The van der Waals surface area contributed by atoms with Crippen molar-refractivity contribution in [3.63, 3.8) is 0 Å². The number of anilines is 1. The molecule has 2 aromatic carbocycles. The average molecular weight is 326 g/mol. The molecule has 5 heteroatoms. The number of carbonyl (C=O) groups is 2. The van der Waals surface area contributed by atoms with Gasteiger partial charge >= 0.3 is 0 Å². The maximum atomic E-state index is 13.0. The molecule has 1 amide bonds. The third-order valence-corrected chi connectivity index (χ3v) is 4.27. The molecule has 24 heavy (non-hydrogen) atoms. The minimum absolute atomic E-state index is 0.267. The fourth-order valence-electron chi connectivity index (χ4n) is 2.79. The van der Waals surface area contributed by atoms with Crippen molar-refractivity contribution in [2.75, 3.05) is 31.1 Å². The zero-order chi connectivity index (χ0) is 17.1. The summed E-state index contributed by atoms with van der Waals surface area (Å²) in [4.78, 5) is 28.3. The van der Waals surface area contributed by atoms with Crippen LogP contribution in [0.1, 0.15) is 15.9 Å². The molecule has 1 aliphatic heterocycles. The summed E-state index contributed by atoms with van der Waals surface area (Å²) in [6.45, 7) is 4.14. The number of nitrogens with zero attached hydrogens (tertiary/aromatic N) is 2. The van der Waals surface area contributed by atoms with Gasteiger partial charge < -0.3 is 9.80 Å². The third-order valence-electron chi connectivity index (χ3n) is 4.27. The van der Waals surface area contributed by atoms with E-state index in [0.717, 1.165) is 11.3 Å². The van der Waals surface area contributed by atoms with Crippen LogP contribution in [0.15, 0.2) is 48.5 Å². The van der Waals surface area contributed by atoms with Gasteiger partial charge in [-0.15, -0.1) is 0 Å². The molecule has 4 nitrogen and oxygen atoms in total. The molecule has 0 aliphatic carbocycles. The van der Waals surface area contributed by atoms with Crippen LogP contribution in [0, 0.1) is 12.7 Å². The van der Waals surface area contributed by atoms with Gasteiger partial charge in [0.2, 0.25) is 5.78 Å². The normalized spacial score (nSPS) is 14.6. The van der Waals surface area contributed by atoms with Gasteiger partial charge in [0.15, 0.2) is 0 Å². The van der Waals surface area contributed by atoms with Crippen molar-refractivity contribution in [3.8, 4) is 0 Å². The number of rotatable bonds is 3. The minimum Gasteiger partial charge on any atom is -0.368 e. The number of ketones is 1. The second kappa shape index (κ2) is 6.83. The summed E-state index contributed by atoms with van der Waals surface area (Å²) in [6, 6.07) is 13.3. The first kappa shape index (κ1) is 16.2. The SMILES string of the molecule is Cc1ccc(C(=O)C(=O)N2CCN(c3ccc(F)cc3)CC2)cc1. The van der Waals surface area contributed by atoms with Gasteiger partial charge in [0.25, 0.3) is 5.91 Å². The number of benzene rings is 2. The van der Waals surface area contributed by atoms with Crippen LogP contribution in [-0.2, 0) is 4.79 Å². The van der Waals surface area contributed by atoms with Crippen molar-refractivity contribution in [2.24, 2.45) is 0 Å². The van der Waals surface area contributed by atoms with Gasteiger partial charge in [-0.1, -0.05) is 29.8 Å². The molecule has 3 rings (SSSR count). The Balaban J connectivity index is 1.61. The predicted molar refractivity (Wildman–Crippen MR) is 90.7 cm³/mol. The molecule has 1 heterocycles. The van der Waals surface area contributed by atoms with Crippen LogP contribution in [-0.4, -0.2) is 42.8 Å². The third kappa shape index (κ3) is 3.45. The molecule has 1 saturated heterocycles. The van der Waals surface area contributed by atoms with Crippen molar-refractivity contribution in [2.45, 2.75) is 6.92 Å². The van der Waals surface area contributed by atoms with E-state index in [-0.39, 0.29) is 5.82 Å². The smallest absolute Gasteiger partial charge is 0.295 e. The zero-order valence-electron chi connectivity index (χ0n) is 13.5. The van der Waals surface area contributed by atoms with Crippen LogP contribution in [0.3, 0.4) is 0 Å². The van der Waals surface area contributed by atoms with Crippen LogP contribution in [0.25, 0.3) is 0 Å². The Kier molecular flexibility index (Phi) is 4.60. The quantitative estimate of drug-likeness (QED) is 0.643. The number of amides is 1. The monoisotopic (exact) mass is 326 g/mol. The lowest BCUT2D eigenvalue weighted by molar-refractivity contribution is -0.126. The van der Waals surface area contributed by atoms with Crippen LogP contribution in [0.2, 0.25) is 0 Å². The van der Waals surface area contributed by atoms with Gasteiger partial charge in [-0.25, -0.2) is 4.39 Å². The molecule has 0 N–H and O–H groups in total. The van der Waals surface area contributed by atoms with E-state index < -0.39 is 11.7 Å². The predicted octanol–water partition coefficient (Wildman–Crippen LogP) is 2.67. The average Bonchev–Trinajstić information content (AvgIpc) is 2.62. The Hall–Kier alpha value is -2.69. The molecule has 0 saturated carbocycles. The topological polar surface area (TPSA) is 40.6 Å². The first-order valence-electron chi connectivity index (χ1n) is 7.95. The highest BCUT2D eigenvalue weighted by molar-refractivity contribution is 6.42. The van der Waals surface area contributed by atoms with E-state index in [1.54, 1.807) is 29.2 Å². The second-order valence-electron chi connectivity index (χ2n) is 5.95. The molecule has 0 unspecified atom stereocenters. The highest BCUT2D eigenvalue weighted by atomic mass is 19.1. The van der Waals surface area contributed by atoms with Crippen molar-refractivity contribution in [1.82, 2.24) is 4.90 Å². The Bertz CT molecular complexity index is 733. The summed E-state index contributed by atoms with van der Waals surface area (Å²) in [5.74, 6) is -1.20. The summed E-state index contributed by atoms with van der Waals surface area (Å²) >= 11 is 0. The Labute approximate surface area is 140 Å². The van der Waals surface area contributed by atoms with E-state index in [1.807, 2.05) is 19.1 Å². The number of carbonyl (C=O) groups excluding carboxylic acids is 2. The molecule has 0 radical (unpaired) electrons. The van der Waals surface area contributed by atoms with Crippen molar-refractivity contribution >= 4 is 17.4 Å². The number of aryl methyl sites for hydroxylation is 1. The first-order chi connectivity index (χ1) is 11.5. The number of piperazine rings is 1. The number of Topliss-reactive ketones (excluding diaryl/α,β-unsaturated/α-hetero) is 1. The maximum Gasteiger partial charge on any atom is 0.295 e. The zero-order valence-corrected chi connectivity index (χ0v) is 13.5. The van der Waals surface area contributed by atoms with E-state index in [0.29, 0.717) is 31.7 Å². The fraction of sp³-hybridized carbons (Fsp3) is 0.263. The van der Waals surface area contributed by atoms with Gasteiger partial charge in [0, 0.05) is 37.4 Å². The minimum atomic E-state index is -0.467. The lowest BCUT2D eigenvalue weighted by Gasteiger charge is -2.35. The maximum absolute atomic E-state index is 13.0. The van der Waals surface area contributed by atoms with E-state index in [4.69, 9.17) is 0 Å². The molecular formula is C19H19FN2O2. The van der Waals surface area contributed by atoms with Gasteiger partial charge in [-0.2, -0.15) is 0 Å². The lowest BCUT2D eigenvalue weighted by Crippen LogP contribution is -2.50. The molecule has 2 aromatic rings. The van der Waals surface area contributed by atoms with E-state index in [2.05, 4.69) is 4.90 Å². The summed E-state index contributed by atoms with van der Waals surface area (Å²) < 4.78 is 13.0. The first-order valence-corrected chi connectivity index (χ1v) is 7.95. The van der Waals surface area contributed by atoms with Crippen LogP contribution in [0.4, 0.5) is 10.1 Å². The molecule has 0 bridgehead atoms. The van der Waals surface area contributed by atoms with Crippen molar-refractivity contribution < 1.29 is 14.0 Å². The summed E-state index contributed by atoms with van der Waals surface area (Å²) in [5.41, 5.74) is 2.40. The highest BCUT2D eigenvalue weighted by Crippen LogP contribution is 2.17. The number of halogens is 1. The largest absolute Gasteiger partial charge is 0.368 e. The summed E-state index contributed by atoms with van der Waals surface area (Å²) in [6.07, 6.45) is 0. The number of hydrogen-bond donors (Lipinski definition) is 0. The van der Waals surface area contributed by atoms with E-state index in [1.165, 1.54) is 12.1 Å². The van der Waals surface area contributed by atoms with Crippen molar-refractivity contribution in [1.29, 1.82) is 0 Å². The molecule has 0 spiro atoms. The Morgan fingerprint density at radius 1 is 0.875 bits per heavy atom. The van der Waals surface area contributed by atoms with Gasteiger partial charge in [-0.3, -0.25) is 9.59 Å². The second-order valence-corrected chi connectivity index (χ2v) is 5.95. The summed E-state index contributed by atoms with van der Waals surface area (Å²) in [5, 5.41) is 0. The lowest BCUT2D eigenvalue weighted by atomic mass is 10.1.